The number of carbonyl (C=O) groups excluding carboxylic acids is 2. The number of nitrogens with one attached hydrogen (secondary N) is 1. The van der Waals surface area contributed by atoms with E-state index in [4.69, 9.17) is 4.74 Å². The molecule has 8 heteroatoms. The third kappa shape index (κ3) is 5.38. The normalized spacial score (nSPS) is 16.7. The van der Waals surface area contributed by atoms with Crippen molar-refractivity contribution in [2.24, 2.45) is 0 Å². The summed E-state index contributed by atoms with van der Waals surface area (Å²) in [5, 5.41) is 0. The van der Waals surface area contributed by atoms with Gasteiger partial charge in [0, 0.05) is 18.3 Å². The van der Waals surface area contributed by atoms with Crippen molar-refractivity contribution in [2.45, 2.75) is 44.0 Å². The van der Waals surface area contributed by atoms with Crippen LogP contribution in [0.1, 0.15) is 42.1 Å². The zero-order chi connectivity index (χ0) is 21.7. The number of hydrogen-bond donors (Lipinski definition) is 1. The van der Waals surface area contributed by atoms with Crippen molar-refractivity contribution in [3.05, 3.63) is 59.7 Å². The molecule has 0 spiro atoms. The number of esters is 1. The van der Waals surface area contributed by atoms with E-state index >= 15 is 0 Å². The molecular formula is C22H26N2O5S. The predicted octanol–water partition coefficient (Wildman–Crippen LogP) is 3.35. The summed E-state index contributed by atoms with van der Waals surface area (Å²) in [5.74, 6) is -0.875. The van der Waals surface area contributed by atoms with Gasteiger partial charge in [-0.05, 0) is 69.5 Å². The molecule has 0 radical (unpaired) electrons. The van der Waals surface area contributed by atoms with E-state index in [0.717, 1.165) is 24.8 Å². The fourth-order valence-electron chi connectivity index (χ4n) is 3.37. The van der Waals surface area contributed by atoms with Gasteiger partial charge in [-0.25, -0.2) is 13.2 Å². The summed E-state index contributed by atoms with van der Waals surface area (Å²) in [7, 11) is -3.78. The van der Waals surface area contributed by atoms with Crippen LogP contribution < -0.4 is 4.72 Å². The molecule has 1 unspecified atom stereocenters. The van der Waals surface area contributed by atoms with Crippen LogP contribution in [0, 0.1) is 6.92 Å². The van der Waals surface area contributed by atoms with Crippen molar-refractivity contribution in [1.82, 2.24) is 4.90 Å². The van der Waals surface area contributed by atoms with E-state index in [1.165, 1.54) is 24.3 Å². The number of aryl methyl sites for hydroxylation is 1. The van der Waals surface area contributed by atoms with Gasteiger partial charge in [-0.3, -0.25) is 9.52 Å². The number of piperidine rings is 1. The molecule has 0 aliphatic carbocycles. The maximum atomic E-state index is 12.5. The van der Waals surface area contributed by atoms with Gasteiger partial charge in [-0.1, -0.05) is 17.7 Å². The van der Waals surface area contributed by atoms with Crippen LogP contribution in [0.25, 0.3) is 0 Å². The molecule has 0 aromatic heterocycles. The number of benzene rings is 2. The Bertz CT molecular complexity index is 1000. The van der Waals surface area contributed by atoms with Gasteiger partial charge >= 0.3 is 5.97 Å². The molecule has 0 saturated carbocycles. The minimum absolute atomic E-state index is 0.0258. The Balaban J connectivity index is 1.59. The molecule has 1 saturated heterocycles. The fraction of sp³-hybridized carbons (Fsp3) is 0.364. The lowest BCUT2D eigenvalue weighted by molar-refractivity contribution is -0.137. The molecule has 1 aliphatic heterocycles. The Morgan fingerprint density at radius 2 is 1.73 bits per heavy atom. The SMILES string of the molecule is Cc1ccc(NS(=O)(=O)c2ccc(C(=O)OCC(=O)N3CCCCC3C)cc2)cc1. The van der Waals surface area contributed by atoms with E-state index in [2.05, 4.69) is 4.72 Å². The third-order valence-electron chi connectivity index (χ3n) is 5.15. The number of carbonyl (C=O) groups is 2. The maximum Gasteiger partial charge on any atom is 0.338 e. The van der Waals surface area contributed by atoms with Gasteiger partial charge in [0.25, 0.3) is 15.9 Å². The van der Waals surface area contributed by atoms with Crippen molar-refractivity contribution in [1.29, 1.82) is 0 Å². The lowest BCUT2D eigenvalue weighted by Crippen LogP contribution is -2.44. The standard InChI is InChI=1S/C22H26N2O5S/c1-16-6-10-19(11-7-16)23-30(27,28)20-12-8-18(9-13-20)22(26)29-15-21(25)24-14-4-3-5-17(24)2/h6-13,17,23H,3-5,14-15H2,1-2H3. The van der Waals surface area contributed by atoms with Gasteiger partial charge in [0.15, 0.2) is 6.61 Å². The van der Waals surface area contributed by atoms with E-state index in [-0.39, 0.29) is 29.0 Å². The molecule has 1 atom stereocenters. The summed E-state index contributed by atoms with van der Waals surface area (Å²) < 4.78 is 32.6. The molecule has 1 heterocycles. The molecule has 0 bridgehead atoms. The fourth-order valence-corrected chi connectivity index (χ4v) is 4.43. The van der Waals surface area contributed by atoms with Crippen LogP contribution in [0.5, 0.6) is 0 Å². The first-order valence-corrected chi connectivity index (χ1v) is 11.4. The average molecular weight is 431 g/mol. The molecule has 3 rings (SSSR count). The molecule has 1 N–H and O–H groups in total. The summed E-state index contributed by atoms with van der Waals surface area (Å²) >= 11 is 0. The van der Waals surface area contributed by atoms with Gasteiger partial charge < -0.3 is 9.64 Å². The van der Waals surface area contributed by atoms with E-state index in [1.54, 1.807) is 17.0 Å². The first kappa shape index (κ1) is 21.8. The van der Waals surface area contributed by atoms with E-state index in [1.807, 2.05) is 26.0 Å². The highest BCUT2D eigenvalue weighted by Gasteiger charge is 2.24. The van der Waals surface area contributed by atoms with Crippen molar-refractivity contribution in [2.75, 3.05) is 17.9 Å². The minimum Gasteiger partial charge on any atom is -0.452 e. The number of likely N-dealkylation sites (tertiary alicyclic amines) is 1. The second-order valence-corrected chi connectivity index (χ2v) is 9.19. The Hall–Kier alpha value is -2.87. The van der Waals surface area contributed by atoms with Gasteiger partial charge in [-0.2, -0.15) is 0 Å². The largest absolute Gasteiger partial charge is 0.452 e. The van der Waals surface area contributed by atoms with Gasteiger partial charge in [-0.15, -0.1) is 0 Å². The number of sulfonamides is 1. The summed E-state index contributed by atoms with van der Waals surface area (Å²) in [4.78, 5) is 26.3. The van der Waals surface area contributed by atoms with E-state index in [0.29, 0.717) is 12.2 Å². The van der Waals surface area contributed by atoms with Crippen molar-refractivity contribution in [3.63, 3.8) is 0 Å². The summed E-state index contributed by atoms with van der Waals surface area (Å²) in [6.07, 6.45) is 3.00. The molecule has 2 aromatic rings. The van der Waals surface area contributed by atoms with Crippen LogP contribution in [0.15, 0.2) is 53.4 Å². The number of nitrogens with zero attached hydrogens (tertiary/aromatic N) is 1. The smallest absolute Gasteiger partial charge is 0.338 e. The summed E-state index contributed by atoms with van der Waals surface area (Å²) in [6.45, 7) is 4.26. The molecule has 1 aliphatic rings. The van der Waals surface area contributed by atoms with Crippen molar-refractivity contribution < 1.29 is 22.7 Å². The molecule has 1 amide bonds. The first-order valence-electron chi connectivity index (χ1n) is 9.92. The van der Waals surface area contributed by atoms with Crippen molar-refractivity contribution >= 4 is 27.6 Å². The van der Waals surface area contributed by atoms with Gasteiger partial charge in [0.05, 0.1) is 10.5 Å². The number of amides is 1. The van der Waals surface area contributed by atoms with Crippen LogP contribution >= 0.6 is 0 Å². The zero-order valence-corrected chi connectivity index (χ0v) is 17.9. The molecule has 160 valence electrons. The monoisotopic (exact) mass is 430 g/mol. The number of rotatable bonds is 6. The van der Waals surface area contributed by atoms with Crippen LogP contribution in [-0.4, -0.2) is 44.4 Å². The highest BCUT2D eigenvalue weighted by Crippen LogP contribution is 2.18. The lowest BCUT2D eigenvalue weighted by atomic mass is 10.0. The summed E-state index contributed by atoms with van der Waals surface area (Å²) in [6, 6.07) is 12.5. The van der Waals surface area contributed by atoms with Crippen LogP contribution in [0.2, 0.25) is 0 Å². The third-order valence-corrected chi connectivity index (χ3v) is 6.55. The molecule has 1 fully saturated rings. The Morgan fingerprint density at radius 1 is 1.07 bits per heavy atom. The highest BCUT2D eigenvalue weighted by atomic mass is 32.2. The van der Waals surface area contributed by atoms with Gasteiger partial charge in [0.1, 0.15) is 0 Å². The Kier molecular flexibility index (Phi) is 6.77. The lowest BCUT2D eigenvalue weighted by Gasteiger charge is -2.33. The topological polar surface area (TPSA) is 92.8 Å². The molecule has 2 aromatic carbocycles. The minimum atomic E-state index is -3.78. The molecular weight excluding hydrogens is 404 g/mol. The highest BCUT2D eigenvalue weighted by molar-refractivity contribution is 7.92. The van der Waals surface area contributed by atoms with Gasteiger partial charge in [0.2, 0.25) is 0 Å². The second kappa shape index (κ2) is 9.30. The van der Waals surface area contributed by atoms with Crippen LogP contribution in [0.4, 0.5) is 5.69 Å². The Morgan fingerprint density at radius 3 is 2.37 bits per heavy atom. The van der Waals surface area contributed by atoms with Crippen LogP contribution in [0.3, 0.4) is 0 Å². The maximum absolute atomic E-state index is 12.5. The van der Waals surface area contributed by atoms with E-state index < -0.39 is 16.0 Å². The number of anilines is 1. The van der Waals surface area contributed by atoms with Crippen molar-refractivity contribution in [3.8, 4) is 0 Å². The molecule has 7 nitrogen and oxygen atoms in total. The number of hydrogen-bond acceptors (Lipinski definition) is 5. The Labute approximate surface area is 177 Å². The molecule has 30 heavy (non-hydrogen) atoms. The zero-order valence-electron chi connectivity index (χ0n) is 17.1. The summed E-state index contributed by atoms with van der Waals surface area (Å²) in [5.41, 5.74) is 1.66. The quantitative estimate of drug-likeness (QED) is 0.710. The first-order chi connectivity index (χ1) is 14.3. The van der Waals surface area contributed by atoms with E-state index in [9.17, 15) is 18.0 Å². The predicted molar refractivity (Wildman–Crippen MR) is 114 cm³/mol. The average Bonchev–Trinajstić information content (AvgIpc) is 2.73. The van der Waals surface area contributed by atoms with Crippen LogP contribution in [-0.2, 0) is 19.6 Å². The number of ether oxygens (including phenoxy) is 1. The second-order valence-electron chi connectivity index (χ2n) is 7.50.